The average molecular weight is 509 g/mol. The fourth-order valence-electron chi connectivity index (χ4n) is 4.42. The summed E-state index contributed by atoms with van der Waals surface area (Å²) in [5, 5.41) is 2.99. The van der Waals surface area contributed by atoms with E-state index in [1.54, 1.807) is 24.0 Å². The minimum Gasteiger partial charge on any atom is -0.444 e. The highest BCUT2D eigenvalue weighted by Gasteiger charge is 2.47. The van der Waals surface area contributed by atoms with Crippen molar-refractivity contribution in [2.24, 2.45) is 11.8 Å². The number of halogens is 4. The van der Waals surface area contributed by atoms with Crippen LogP contribution in [0, 0.1) is 25.7 Å². The van der Waals surface area contributed by atoms with Crippen LogP contribution in [0.15, 0.2) is 35.2 Å². The van der Waals surface area contributed by atoms with Gasteiger partial charge < -0.3 is 14.6 Å². The van der Waals surface area contributed by atoms with Crippen LogP contribution in [0.4, 0.5) is 19.1 Å². The maximum absolute atomic E-state index is 13.7. The van der Waals surface area contributed by atoms with Crippen molar-refractivity contribution in [3.63, 3.8) is 0 Å². The van der Waals surface area contributed by atoms with E-state index in [2.05, 4.69) is 25.3 Å². The molecule has 35 heavy (non-hydrogen) atoms. The summed E-state index contributed by atoms with van der Waals surface area (Å²) in [6, 6.07) is 3.41. The molecule has 0 bridgehead atoms. The van der Waals surface area contributed by atoms with E-state index >= 15 is 0 Å². The van der Waals surface area contributed by atoms with Crippen molar-refractivity contribution < 1.29 is 22.4 Å². The molecule has 0 unspecified atom stereocenters. The van der Waals surface area contributed by atoms with Crippen LogP contribution in [0.1, 0.15) is 40.3 Å². The first-order valence-electron chi connectivity index (χ1n) is 11.0. The Morgan fingerprint density at radius 3 is 2.51 bits per heavy atom. The summed E-state index contributed by atoms with van der Waals surface area (Å²) in [5.41, 5.74) is 1.29. The van der Waals surface area contributed by atoms with Gasteiger partial charge in [0.1, 0.15) is 12.0 Å². The van der Waals surface area contributed by atoms with Crippen LogP contribution in [0.2, 0.25) is 0 Å². The molecule has 2 aliphatic rings. The van der Waals surface area contributed by atoms with Gasteiger partial charge in [0.25, 0.3) is 5.91 Å². The van der Waals surface area contributed by atoms with E-state index in [9.17, 15) is 18.0 Å². The molecule has 3 aromatic rings. The lowest BCUT2D eigenvalue weighted by Gasteiger charge is -2.35. The number of likely N-dealkylation sites (tertiary alicyclic amines) is 1. The first-order valence-corrected chi connectivity index (χ1v) is 11.0. The molecular formula is C23H24ClF3N6O2. The molecule has 0 radical (unpaired) electrons. The molecule has 1 aliphatic carbocycles. The van der Waals surface area contributed by atoms with Crippen molar-refractivity contribution >= 4 is 24.3 Å². The minimum atomic E-state index is -4.49. The van der Waals surface area contributed by atoms with Gasteiger partial charge in [0.2, 0.25) is 11.8 Å². The third-order valence-electron chi connectivity index (χ3n) is 6.34. The summed E-state index contributed by atoms with van der Waals surface area (Å²) >= 11 is 0. The zero-order valence-electron chi connectivity index (χ0n) is 19.0. The molecule has 1 N–H and O–H groups in total. The number of alkyl halides is 3. The summed E-state index contributed by atoms with van der Waals surface area (Å²) in [7, 11) is 0. The molecule has 0 spiro atoms. The number of rotatable bonds is 5. The first kappa shape index (κ1) is 24.9. The number of nitrogens with zero attached hydrogens (tertiary/aromatic N) is 5. The van der Waals surface area contributed by atoms with Gasteiger partial charge in [-0.3, -0.25) is 4.79 Å². The van der Waals surface area contributed by atoms with E-state index in [1.165, 1.54) is 6.26 Å². The molecule has 2 fully saturated rings. The number of amides is 1. The zero-order chi connectivity index (χ0) is 24.0. The highest BCUT2D eigenvalue weighted by molar-refractivity contribution is 5.98. The molecule has 5 rings (SSSR count). The fraction of sp³-hybridized carbons (Fsp3) is 0.435. The molecule has 1 saturated heterocycles. The lowest BCUT2D eigenvalue weighted by Crippen LogP contribution is -2.48. The smallest absolute Gasteiger partial charge is 0.419 e. The first-order chi connectivity index (χ1) is 16.2. The van der Waals surface area contributed by atoms with Crippen LogP contribution < -0.4 is 5.32 Å². The minimum absolute atomic E-state index is 0. The van der Waals surface area contributed by atoms with E-state index < -0.39 is 11.7 Å². The average Bonchev–Trinajstić information content (AvgIpc) is 3.44. The lowest BCUT2D eigenvalue weighted by molar-refractivity contribution is -0.138. The summed E-state index contributed by atoms with van der Waals surface area (Å²) in [6.45, 7) is 4.54. The van der Waals surface area contributed by atoms with Gasteiger partial charge in [-0.1, -0.05) is 0 Å². The van der Waals surface area contributed by atoms with Crippen molar-refractivity contribution in [2.45, 2.75) is 38.9 Å². The molecule has 4 heterocycles. The van der Waals surface area contributed by atoms with Crippen LogP contribution >= 0.6 is 12.4 Å². The predicted octanol–water partition coefficient (Wildman–Crippen LogP) is 4.55. The highest BCUT2D eigenvalue weighted by atomic mass is 35.5. The summed E-state index contributed by atoms with van der Waals surface area (Å²) in [6.07, 6.45) is 0.379. The van der Waals surface area contributed by atoms with Crippen LogP contribution in [0.3, 0.4) is 0 Å². The van der Waals surface area contributed by atoms with E-state index in [0.29, 0.717) is 47.8 Å². The number of fused-ring (bicyclic) bond motifs is 1. The summed E-state index contributed by atoms with van der Waals surface area (Å²) < 4.78 is 43.8. The fourth-order valence-corrected chi connectivity index (χ4v) is 4.42. The Labute approximate surface area is 205 Å². The lowest BCUT2D eigenvalue weighted by atomic mass is 10.0. The molecule has 186 valence electrons. The Bertz CT molecular complexity index is 1220. The van der Waals surface area contributed by atoms with E-state index in [4.69, 9.17) is 4.42 Å². The monoisotopic (exact) mass is 508 g/mol. The van der Waals surface area contributed by atoms with Gasteiger partial charge in [-0.25, -0.2) is 19.9 Å². The number of carbonyl (C=O) groups excluding carboxylic acids is 1. The molecule has 1 saturated carbocycles. The zero-order valence-corrected chi connectivity index (χ0v) is 19.9. The van der Waals surface area contributed by atoms with Crippen molar-refractivity contribution in [3.8, 4) is 11.5 Å². The van der Waals surface area contributed by atoms with Crippen molar-refractivity contribution in [1.82, 2.24) is 24.8 Å². The normalized spacial score (nSPS) is 21.2. The molecular weight excluding hydrogens is 485 g/mol. The van der Waals surface area contributed by atoms with Crippen LogP contribution in [0.5, 0.6) is 0 Å². The van der Waals surface area contributed by atoms with Gasteiger partial charge in [0.15, 0.2) is 0 Å². The number of hydrogen-bond acceptors (Lipinski definition) is 7. The van der Waals surface area contributed by atoms with Crippen LogP contribution in [-0.4, -0.2) is 49.9 Å². The van der Waals surface area contributed by atoms with E-state index in [-0.39, 0.29) is 36.0 Å². The molecule has 12 heteroatoms. The molecule has 3 atom stereocenters. The van der Waals surface area contributed by atoms with Gasteiger partial charge >= 0.3 is 6.18 Å². The van der Waals surface area contributed by atoms with Crippen LogP contribution in [-0.2, 0) is 6.18 Å². The Balaban J connectivity index is 0.00000289. The maximum Gasteiger partial charge on any atom is 0.419 e. The second-order valence-electron chi connectivity index (χ2n) is 8.92. The number of pyridine rings is 1. The Morgan fingerprint density at radius 2 is 1.86 bits per heavy atom. The number of piperidine rings is 1. The highest BCUT2D eigenvalue weighted by Crippen LogP contribution is 2.47. The van der Waals surface area contributed by atoms with Crippen molar-refractivity contribution in [3.05, 3.63) is 53.4 Å². The third-order valence-corrected chi connectivity index (χ3v) is 6.34. The van der Waals surface area contributed by atoms with Gasteiger partial charge in [-0.05, 0) is 50.7 Å². The number of carbonyl (C=O) groups is 1. The number of oxazole rings is 1. The van der Waals surface area contributed by atoms with Gasteiger partial charge in [-0.2, -0.15) is 13.2 Å². The van der Waals surface area contributed by atoms with Crippen molar-refractivity contribution in [1.29, 1.82) is 0 Å². The molecule has 3 aromatic heterocycles. The van der Waals surface area contributed by atoms with Gasteiger partial charge in [0.05, 0.1) is 16.8 Å². The van der Waals surface area contributed by atoms with E-state index in [1.807, 2.05) is 6.92 Å². The second kappa shape index (κ2) is 9.44. The van der Waals surface area contributed by atoms with Gasteiger partial charge in [0, 0.05) is 37.2 Å². The topological polar surface area (TPSA) is 97.0 Å². The predicted molar refractivity (Wildman–Crippen MR) is 123 cm³/mol. The number of aryl methyl sites for hydroxylation is 2. The van der Waals surface area contributed by atoms with Crippen LogP contribution in [0.25, 0.3) is 11.5 Å². The number of anilines is 1. The molecule has 1 aliphatic heterocycles. The van der Waals surface area contributed by atoms with Crippen molar-refractivity contribution in [2.75, 3.05) is 18.4 Å². The third kappa shape index (κ3) is 5.24. The molecule has 1 amide bonds. The number of aromatic nitrogens is 4. The number of hydrogen-bond donors (Lipinski definition) is 1. The standard InChI is InChI=1S/C23H23F3N6O2.ClH/c1-12-3-4-18(20-31-13(2)11-34-20)19(30-12)21(33)32-10-15-5-14(15)6-17(32)9-29-22-27-7-16(8-28-22)23(24,25)26;/h3-4,7-8,11,14-15,17H,5-6,9-10H2,1-2H3,(H,27,28,29);1H/t14-,15+,17+;/m1./s1. The Morgan fingerprint density at radius 1 is 1.11 bits per heavy atom. The summed E-state index contributed by atoms with van der Waals surface area (Å²) in [4.78, 5) is 31.9. The number of nitrogens with one attached hydrogen (secondary N) is 1. The quantitative estimate of drug-likeness (QED) is 0.540. The molecule has 0 aromatic carbocycles. The Hall–Kier alpha value is -3.21. The summed E-state index contributed by atoms with van der Waals surface area (Å²) in [5.74, 6) is 1.20. The Kier molecular flexibility index (Phi) is 6.72. The SMILES string of the molecule is Cc1coc(-c2ccc(C)nc2C(=O)N2C[C@@H]3C[C@@H]3C[C@H]2CNc2ncc(C(F)(F)F)cn2)n1.Cl. The van der Waals surface area contributed by atoms with Gasteiger partial charge in [-0.15, -0.1) is 12.4 Å². The maximum atomic E-state index is 13.7. The second-order valence-corrected chi connectivity index (χ2v) is 8.92. The largest absolute Gasteiger partial charge is 0.444 e. The van der Waals surface area contributed by atoms with E-state index in [0.717, 1.165) is 25.2 Å². The molecule has 8 nitrogen and oxygen atoms in total.